The maximum Gasteiger partial charge on any atom is 0.194 e. The maximum atomic E-state index is 12.8. The molecule has 21 heavy (non-hydrogen) atoms. The number of aromatic amines is 1. The molecule has 1 fully saturated rings. The highest BCUT2D eigenvalue weighted by Gasteiger charge is 2.19. The Morgan fingerprint density at radius 1 is 1.43 bits per heavy atom. The van der Waals surface area contributed by atoms with E-state index in [2.05, 4.69) is 32.7 Å². The van der Waals surface area contributed by atoms with Gasteiger partial charge in [0.1, 0.15) is 0 Å². The van der Waals surface area contributed by atoms with Crippen LogP contribution in [0, 0.1) is 12.8 Å². The number of aromatic nitrogens is 1. The second kappa shape index (κ2) is 5.93. The number of rotatable bonds is 2. The van der Waals surface area contributed by atoms with Crippen LogP contribution in [0.5, 0.6) is 0 Å². The standard InChI is InChI=1S/C17H21BrN2O/c1-11-4-3-7-20(9-11)10-15-12(2)19-16-6-5-13(18)8-14(16)17(15)21/h5-6,8,11H,3-4,7,9-10H2,1-2H3,(H,19,21)/t11-/m1/s1. The first kappa shape index (κ1) is 14.8. The van der Waals surface area contributed by atoms with Crippen molar-refractivity contribution in [3.05, 3.63) is 44.2 Å². The fourth-order valence-corrected chi connectivity index (χ4v) is 3.63. The number of pyridine rings is 1. The summed E-state index contributed by atoms with van der Waals surface area (Å²) in [6.45, 7) is 7.25. The molecule has 1 atom stereocenters. The number of piperidine rings is 1. The number of fused-ring (bicyclic) bond motifs is 1. The van der Waals surface area contributed by atoms with Crippen LogP contribution < -0.4 is 5.43 Å². The van der Waals surface area contributed by atoms with Crippen molar-refractivity contribution < 1.29 is 0 Å². The van der Waals surface area contributed by atoms with E-state index < -0.39 is 0 Å². The van der Waals surface area contributed by atoms with Gasteiger partial charge in [-0.2, -0.15) is 0 Å². The van der Waals surface area contributed by atoms with Gasteiger partial charge in [0.25, 0.3) is 0 Å². The SMILES string of the molecule is Cc1[nH]c2ccc(Br)cc2c(=O)c1CN1CCC[C@@H](C)C1. The van der Waals surface area contributed by atoms with E-state index in [0.29, 0.717) is 0 Å². The van der Waals surface area contributed by atoms with Crippen LogP contribution >= 0.6 is 15.9 Å². The summed E-state index contributed by atoms with van der Waals surface area (Å²) in [5.41, 5.74) is 2.99. The predicted octanol–water partition coefficient (Wildman–Crippen LogP) is 3.83. The van der Waals surface area contributed by atoms with E-state index in [-0.39, 0.29) is 5.43 Å². The molecule has 1 aliphatic rings. The smallest absolute Gasteiger partial charge is 0.194 e. The quantitative estimate of drug-likeness (QED) is 0.895. The van der Waals surface area contributed by atoms with Crippen molar-refractivity contribution in [3.63, 3.8) is 0 Å². The van der Waals surface area contributed by atoms with E-state index in [1.165, 1.54) is 12.8 Å². The number of nitrogens with one attached hydrogen (secondary N) is 1. The summed E-state index contributed by atoms with van der Waals surface area (Å²) >= 11 is 3.45. The minimum absolute atomic E-state index is 0.167. The second-order valence-corrected chi connectivity index (χ2v) is 7.15. The lowest BCUT2D eigenvalue weighted by atomic mass is 9.99. The number of aryl methyl sites for hydroxylation is 1. The molecule has 0 amide bonds. The molecule has 1 N–H and O–H groups in total. The minimum atomic E-state index is 0.167. The molecule has 4 heteroatoms. The Morgan fingerprint density at radius 2 is 2.24 bits per heavy atom. The largest absolute Gasteiger partial charge is 0.358 e. The lowest BCUT2D eigenvalue weighted by Crippen LogP contribution is -2.35. The molecule has 112 valence electrons. The topological polar surface area (TPSA) is 36.1 Å². The van der Waals surface area contributed by atoms with Crippen molar-refractivity contribution >= 4 is 26.8 Å². The summed E-state index contributed by atoms with van der Waals surface area (Å²) in [5.74, 6) is 0.729. The Labute approximate surface area is 133 Å². The Balaban J connectivity index is 2.00. The molecule has 2 heterocycles. The molecular weight excluding hydrogens is 328 g/mol. The fourth-order valence-electron chi connectivity index (χ4n) is 3.27. The van der Waals surface area contributed by atoms with Crippen molar-refractivity contribution in [2.45, 2.75) is 33.2 Å². The van der Waals surface area contributed by atoms with E-state index in [1.54, 1.807) is 0 Å². The van der Waals surface area contributed by atoms with Gasteiger partial charge in [0.2, 0.25) is 0 Å². The number of H-pyrrole nitrogens is 1. The van der Waals surface area contributed by atoms with Crippen molar-refractivity contribution in [2.24, 2.45) is 5.92 Å². The highest BCUT2D eigenvalue weighted by molar-refractivity contribution is 9.10. The number of benzene rings is 1. The number of hydrogen-bond acceptors (Lipinski definition) is 2. The maximum absolute atomic E-state index is 12.8. The molecule has 0 bridgehead atoms. The molecule has 2 aromatic rings. The average Bonchev–Trinajstić information content (AvgIpc) is 2.45. The summed E-state index contributed by atoms with van der Waals surface area (Å²) in [6, 6.07) is 5.83. The van der Waals surface area contributed by atoms with E-state index in [1.807, 2.05) is 25.1 Å². The number of hydrogen-bond donors (Lipinski definition) is 1. The van der Waals surface area contributed by atoms with Crippen LogP contribution in [-0.2, 0) is 6.54 Å². The summed E-state index contributed by atoms with van der Waals surface area (Å²) < 4.78 is 0.946. The Kier molecular flexibility index (Phi) is 4.18. The molecule has 1 aromatic heterocycles. The molecule has 3 nitrogen and oxygen atoms in total. The summed E-state index contributed by atoms with van der Waals surface area (Å²) in [7, 11) is 0. The number of halogens is 1. The third-order valence-electron chi connectivity index (χ3n) is 4.40. The predicted molar refractivity (Wildman–Crippen MR) is 90.7 cm³/mol. The highest BCUT2D eigenvalue weighted by atomic mass is 79.9. The van der Waals surface area contributed by atoms with Gasteiger partial charge in [-0.3, -0.25) is 9.69 Å². The third-order valence-corrected chi connectivity index (χ3v) is 4.89. The van der Waals surface area contributed by atoms with Crippen LogP contribution in [0.15, 0.2) is 27.5 Å². The van der Waals surface area contributed by atoms with E-state index in [4.69, 9.17) is 0 Å². The third kappa shape index (κ3) is 3.06. The van der Waals surface area contributed by atoms with Crippen LogP contribution in [0.4, 0.5) is 0 Å². The Bertz CT molecular complexity index is 723. The van der Waals surface area contributed by atoms with Crippen LogP contribution in [0.1, 0.15) is 31.0 Å². The van der Waals surface area contributed by atoms with Crippen molar-refractivity contribution in [1.29, 1.82) is 0 Å². The van der Waals surface area contributed by atoms with Crippen LogP contribution in [-0.4, -0.2) is 23.0 Å². The van der Waals surface area contributed by atoms with Crippen molar-refractivity contribution in [2.75, 3.05) is 13.1 Å². The zero-order valence-corrected chi connectivity index (χ0v) is 14.2. The molecule has 0 radical (unpaired) electrons. The number of nitrogens with zero attached hydrogens (tertiary/aromatic N) is 1. The zero-order valence-electron chi connectivity index (χ0n) is 12.6. The number of likely N-dealkylation sites (tertiary alicyclic amines) is 1. The van der Waals surface area contributed by atoms with E-state index in [9.17, 15) is 4.79 Å². The monoisotopic (exact) mass is 348 g/mol. The van der Waals surface area contributed by atoms with Gasteiger partial charge in [0, 0.05) is 39.7 Å². The lowest BCUT2D eigenvalue weighted by Gasteiger charge is -2.31. The summed E-state index contributed by atoms with van der Waals surface area (Å²) in [4.78, 5) is 18.6. The molecule has 0 spiro atoms. The first-order valence-electron chi connectivity index (χ1n) is 7.58. The summed E-state index contributed by atoms with van der Waals surface area (Å²) in [5, 5.41) is 0.773. The van der Waals surface area contributed by atoms with Gasteiger partial charge in [-0.15, -0.1) is 0 Å². The van der Waals surface area contributed by atoms with E-state index >= 15 is 0 Å². The molecule has 0 aliphatic carbocycles. The Morgan fingerprint density at radius 3 is 3.00 bits per heavy atom. The zero-order chi connectivity index (χ0) is 15.0. The van der Waals surface area contributed by atoms with Crippen LogP contribution in [0.25, 0.3) is 10.9 Å². The van der Waals surface area contributed by atoms with Crippen molar-refractivity contribution in [1.82, 2.24) is 9.88 Å². The van der Waals surface area contributed by atoms with Crippen molar-refractivity contribution in [3.8, 4) is 0 Å². The van der Waals surface area contributed by atoms with Gasteiger partial charge in [-0.1, -0.05) is 22.9 Å². The Hall–Kier alpha value is -1.13. The second-order valence-electron chi connectivity index (χ2n) is 6.23. The van der Waals surface area contributed by atoms with Gasteiger partial charge < -0.3 is 4.98 Å². The first-order chi connectivity index (χ1) is 10.0. The van der Waals surface area contributed by atoms with Gasteiger partial charge in [0.15, 0.2) is 5.43 Å². The molecule has 0 saturated carbocycles. The molecule has 1 aromatic carbocycles. The van der Waals surface area contributed by atoms with Gasteiger partial charge >= 0.3 is 0 Å². The average molecular weight is 349 g/mol. The molecule has 1 saturated heterocycles. The molecule has 0 unspecified atom stereocenters. The van der Waals surface area contributed by atoms with Gasteiger partial charge in [0.05, 0.1) is 0 Å². The summed E-state index contributed by atoms with van der Waals surface area (Å²) in [6.07, 6.45) is 2.54. The highest BCUT2D eigenvalue weighted by Crippen LogP contribution is 2.20. The van der Waals surface area contributed by atoms with Crippen LogP contribution in [0.3, 0.4) is 0 Å². The molecular formula is C17H21BrN2O. The van der Waals surface area contributed by atoms with Crippen LogP contribution in [0.2, 0.25) is 0 Å². The first-order valence-corrected chi connectivity index (χ1v) is 8.37. The van der Waals surface area contributed by atoms with Gasteiger partial charge in [-0.25, -0.2) is 0 Å². The van der Waals surface area contributed by atoms with Gasteiger partial charge in [-0.05, 0) is 50.4 Å². The normalized spacial score (nSPS) is 20.0. The molecule has 1 aliphatic heterocycles. The van der Waals surface area contributed by atoms with E-state index in [0.717, 1.165) is 52.2 Å². The lowest BCUT2D eigenvalue weighted by molar-refractivity contribution is 0.176. The minimum Gasteiger partial charge on any atom is -0.358 e. The molecule has 3 rings (SSSR count). The fraction of sp³-hybridized carbons (Fsp3) is 0.471.